The molecule has 1 amide bonds. The van der Waals surface area contributed by atoms with E-state index in [1.165, 1.54) is 7.11 Å². The molecule has 5 heteroatoms. The van der Waals surface area contributed by atoms with Crippen molar-refractivity contribution < 1.29 is 9.53 Å². The summed E-state index contributed by atoms with van der Waals surface area (Å²) in [6.45, 7) is 6.94. The molecule has 1 unspecified atom stereocenters. The van der Waals surface area contributed by atoms with Crippen molar-refractivity contribution in [2.45, 2.75) is 45.6 Å². The second-order valence-electron chi connectivity index (χ2n) is 5.87. The molecule has 1 N–H and O–H groups in total. The van der Waals surface area contributed by atoms with Gasteiger partial charge in [-0.15, -0.1) is 0 Å². The van der Waals surface area contributed by atoms with Crippen LogP contribution in [0, 0.1) is 16.7 Å². The van der Waals surface area contributed by atoms with Crippen LogP contribution in [0.5, 0.6) is 0 Å². The van der Waals surface area contributed by atoms with Crippen molar-refractivity contribution in [1.29, 1.82) is 5.26 Å². The van der Waals surface area contributed by atoms with E-state index in [4.69, 9.17) is 5.26 Å². The van der Waals surface area contributed by atoms with Gasteiger partial charge >= 0.3 is 6.09 Å². The summed E-state index contributed by atoms with van der Waals surface area (Å²) >= 11 is 0. The molecule has 0 aromatic carbocycles. The van der Waals surface area contributed by atoms with E-state index >= 15 is 0 Å². The molecule has 1 rings (SSSR count). The van der Waals surface area contributed by atoms with Gasteiger partial charge in [0.15, 0.2) is 0 Å². The minimum absolute atomic E-state index is 0.208. The van der Waals surface area contributed by atoms with Gasteiger partial charge in [-0.1, -0.05) is 6.42 Å². The summed E-state index contributed by atoms with van der Waals surface area (Å²) < 4.78 is 4.60. The number of alkyl carbamates (subject to hydrolysis) is 1. The quantitative estimate of drug-likeness (QED) is 0.749. The number of hydrogen-bond donors (Lipinski definition) is 1. The monoisotopic (exact) mass is 267 g/mol. The third-order valence-corrected chi connectivity index (χ3v) is 3.61. The number of nitrogens with one attached hydrogen (secondary N) is 1. The van der Waals surface area contributed by atoms with Crippen molar-refractivity contribution >= 4 is 6.09 Å². The Kier molecular flexibility index (Phi) is 6.10. The molecule has 0 saturated carbocycles. The molecule has 0 aromatic heterocycles. The normalized spacial score (nSPS) is 20.0. The maximum Gasteiger partial charge on any atom is 0.407 e. The lowest BCUT2D eigenvalue weighted by Gasteiger charge is -2.18. The van der Waals surface area contributed by atoms with E-state index in [0.717, 1.165) is 45.3 Å². The number of rotatable bonds is 6. The van der Waals surface area contributed by atoms with Crippen molar-refractivity contribution in [2.75, 3.05) is 26.7 Å². The number of methoxy groups -OCH3 is 1. The van der Waals surface area contributed by atoms with E-state index < -0.39 is 0 Å². The van der Waals surface area contributed by atoms with Gasteiger partial charge in [-0.2, -0.15) is 5.26 Å². The van der Waals surface area contributed by atoms with Crippen molar-refractivity contribution in [3.05, 3.63) is 0 Å². The Balaban J connectivity index is 2.13. The second kappa shape index (κ2) is 7.34. The van der Waals surface area contributed by atoms with Gasteiger partial charge in [-0.3, -0.25) is 0 Å². The van der Waals surface area contributed by atoms with Crippen LogP contribution in [0.4, 0.5) is 4.79 Å². The molecule has 0 radical (unpaired) electrons. The summed E-state index contributed by atoms with van der Waals surface area (Å²) in [6, 6.07) is 2.54. The number of nitriles is 1. The predicted octanol–water partition coefficient (Wildman–Crippen LogP) is 2.14. The highest BCUT2D eigenvalue weighted by Crippen LogP contribution is 2.22. The fraction of sp³-hybridized carbons (Fsp3) is 0.857. The van der Waals surface area contributed by atoms with Gasteiger partial charge in [-0.25, -0.2) is 4.79 Å². The van der Waals surface area contributed by atoms with E-state index in [9.17, 15) is 4.79 Å². The smallest absolute Gasteiger partial charge is 0.407 e. The molecule has 1 fully saturated rings. The summed E-state index contributed by atoms with van der Waals surface area (Å²) in [5, 5.41) is 11.8. The molecule has 0 aliphatic carbocycles. The topological polar surface area (TPSA) is 65.4 Å². The lowest BCUT2D eigenvalue weighted by atomic mass is 9.89. The zero-order chi connectivity index (χ0) is 14.3. The number of carbonyl (C=O) groups excluding carboxylic acids is 1. The van der Waals surface area contributed by atoms with E-state index in [1.807, 2.05) is 13.8 Å². The lowest BCUT2D eigenvalue weighted by Crippen LogP contribution is -2.37. The van der Waals surface area contributed by atoms with E-state index in [-0.39, 0.29) is 17.6 Å². The van der Waals surface area contributed by atoms with E-state index in [1.54, 1.807) is 0 Å². The molecule has 0 spiro atoms. The van der Waals surface area contributed by atoms with Crippen LogP contribution in [0.2, 0.25) is 0 Å². The van der Waals surface area contributed by atoms with E-state index in [2.05, 4.69) is 21.0 Å². The minimum atomic E-state index is -0.345. The summed E-state index contributed by atoms with van der Waals surface area (Å²) in [6.07, 6.45) is 3.77. The fourth-order valence-corrected chi connectivity index (χ4v) is 2.34. The standard InChI is InChI=1S/C14H25N3O2/c1-14(2,11-15)7-4-5-8-17-9-6-12(10-17)16-13(18)19-3/h12H,4-10H2,1-3H3,(H,16,18). The first-order chi connectivity index (χ1) is 8.96. The van der Waals surface area contributed by atoms with Crippen LogP contribution in [-0.4, -0.2) is 43.8 Å². The summed E-state index contributed by atoms with van der Waals surface area (Å²) in [4.78, 5) is 13.5. The lowest BCUT2D eigenvalue weighted by molar-refractivity contribution is 0.166. The maximum absolute atomic E-state index is 11.1. The van der Waals surface area contributed by atoms with Crippen molar-refractivity contribution in [2.24, 2.45) is 5.41 Å². The Labute approximate surface area is 115 Å². The molecule has 5 nitrogen and oxygen atoms in total. The van der Waals surface area contributed by atoms with Gasteiger partial charge in [0.05, 0.1) is 18.6 Å². The van der Waals surface area contributed by atoms with Crippen LogP contribution in [0.3, 0.4) is 0 Å². The van der Waals surface area contributed by atoms with Gasteiger partial charge in [-0.05, 0) is 39.7 Å². The van der Waals surface area contributed by atoms with Crippen LogP contribution in [0.15, 0.2) is 0 Å². The van der Waals surface area contributed by atoms with Crippen molar-refractivity contribution in [3.8, 4) is 6.07 Å². The SMILES string of the molecule is COC(=O)NC1CCN(CCCCC(C)(C)C#N)C1. The van der Waals surface area contributed by atoms with Gasteiger partial charge in [0, 0.05) is 19.1 Å². The molecular weight excluding hydrogens is 242 g/mol. The highest BCUT2D eigenvalue weighted by atomic mass is 16.5. The molecule has 19 heavy (non-hydrogen) atoms. The molecule has 1 aliphatic rings. The number of ether oxygens (including phenoxy) is 1. The van der Waals surface area contributed by atoms with Crippen molar-refractivity contribution in [3.63, 3.8) is 0 Å². The Morgan fingerprint density at radius 1 is 1.53 bits per heavy atom. The van der Waals surface area contributed by atoms with E-state index in [0.29, 0.717) is 0 Å². The van der Waals surface area contributed by atoms with Crippen LogP contribution in [0.25, 0.3) is 0 Å². The van der Waals surface area contributed by atoms with Crippen LogP contribution in [-0.2, 0) is 4.74 Å². The first kappa shape index (κ1) is 15.8. The third-order valence-electron chi connectivity index (χ3n) is 3.61. The maximum atomic E-state index is 11.1. The average molecular weight is 267 g/mol. The average Bonchev–Trinajstić information content (AvgIpc) is 2.82. The molecule has 1 heterocycles. The molecular formula is C14H25N3O2. The number of amides is 1. The first-order valence-corrected chi connectivity index (χ1v) is 6.95. The van der Waals surface area contributed by atoms with Crippen LogP contribution >= 0.6 is 0 Å². The van der Waals surface area contributed by atoms with Gasteiger partial charge in [0.25, 0.3) is 0 Å². The highest BCUT2D eigenvalue weighted by molar-refractivity contribution is 5.67. The summed E-state index contributed by atoms with van der Waals surface area (Å²) in [7, 11) is 1.39. The molecule has 1 atom stereocenters. The molecule has 0 bridgehead atoms. The second-order valence-corrected chi connectivity index (χ2v) is 5.87. The summed E-state index contributed by atoms with van der Waals surface area (Å²) in [5.41, 5.74) is -0.208. The first-order valence-electron chi connectivity index (χ1n) is 6.95. The third kappa shape index (κ3) is 5.93. The number of hydrogen-bond acceptors (Lipinski definition) is 4. The Hall–Kier alpha value is -1.28. The van der Waals surface area contributed by atoms with Gasteiger partial charge in [0.1, 0.15) is 0 Å². The van der Waals surface area contributed by atoms with Crippen LogP contribution < -0.4 is 5.32 Å². The largest absolute Gasteiger partial charge is 0.453 e. The number of unbranched alkanes of at least 4 members (excludes halogenated alkanes) is 1. The summed E-state index contributed by atoms with van der Waals surface area (Å²) in [5.74, 6) is 0. The number of nitrogens with zero attached hydrogens (tertiary/aromatic N) is 2. The Bertz CT molecular complexity index is 336. The Morgan fingerprint density at radius 3 is 2.89 bits per heavy atom. The molecule has 0 aromatic rings. The minimum Gasteiger partial charge on any atom is -0.453 e. The zero-order valence-corrected chi connectivity index (χ0v) is 12.2. The highest BCUT2D eigenvalue weighted by Gasteiger charge is 2.23. The fourth-order valence-electron chi connectivity index (χ4n) is 2.34. The number of carbonyl (C=O) groups is 1. The van der Waals surface area contributed by atoms with Gasteiger partial charge in [0.2, 0.25) is 0 Å². The Morgan fingerprint density at radius 2 is 2.26 bits per heavy atom. The zero-order valence-electron chi connectivity index (χ0n) is 12.2. The molecule has 108 valence electrons. The van der Waals surface area contributed by atoms with Gasteiger partial charge < -0.3 is 15.0 Å². The molecule has 1 aliphatic heterocycles. The van der Waals surface area contributed by atoms with Crippen LogP contribution in [0.1, 0.15) is 39.5 Å². The number of likely N-dealkylation sites (tertiary alicyclic amines) is 1. The van der Waals surface area contributed by atoms with Crippen molar-refractivity contribution in [1.82, 2.24) is 10.2 Å². The predicted molar refractivity (Wildman–Crippen MR) is 73.6 cm³/mol. The molecule has 1 saturated heterocycles.